The van der Waals surface area contributed by atoms with Crippen molar-refractivity contribution in [3.05, 3.63) is 52.8 Å². The Bertz CT molecular complexity index is 1120. The van der Waals surface area contributed by atoms with Crippen molar-refractivity contribution in [3.63, 3.8) is 0 Å². The van der Waals surface area contributed by atoms with Gasteiger partial charge in [0.2, 0.25) is 5.91 Å². The molecule has 4 heterocycles. The minimum Gasteiger partial charge on any atom is -0.379 e. The number of aromatic amines is 1. The van der Waals surface area contributed by atoms with Gasteiger partial charge in [-0.05, 0) is 48.2 Å². The standard InChI is InChI=1S/C24H26N4O4.ClH/c1-14(20-10-16(11-25-20)13-28-4-6-32-7-5-28)22-17-8-15(2-3-19(17)27-24(22)31)9-18-21(29)12-26-23(18)30;/h2-3,8,10-11,18,25H,4-7,9,12-13H2,1H3,(H,26,30)(H,27,31);1H. The molecule has 0 aliphatic carbocycles. The molecule has 2 amide bonds. The second-order valence-corrected chi connectivity index (χ2v) is 8.59. The quantitative estimate of drug-likeness (QED) is 0.458. The summed E-state index contributed by atoms with van der Waals surface area (Å²) in [6.45, 7) is 6.23. The van der Waals surface area contributed by atoms with E-state index in [0.29, 0.717) is 12.0 Å². The first-order chi connectivity index (χ1) is 15.5. The lowest BCUT2D eigenvalue weighted by atomic mass is 9.93. The maximum Gasteiger partial charge on any atom is 0.256 e. The van der Waals surface area contributed by atoms with Gasteiger partial charge < -0.3 is 20.4 Å². The van der Waals surface area contributed by atoms with Crippen molar-refractivity contribution in [2.24, 2.45) is 5.92 Å². The molecule has 1 aromatic heterocycles. The topological polar surface area (TPSA) is 104 Å². The van der Waals surface area contributed by atoms with Crippen molar-refractivity contribution < 1.29 is 19.1 Å². The lowest BCUT2D eigenvalue weighted by Crippen LogP contribution is -2.35. The van der Waals surface area contributed by atoms with E-state index in [0.717, 1.165) is 60.9 Å². The highest BCUT2D eigenvalue weighted by Crippen LogP contribution is 2.37. The molecule has 1 atom stereocenters. The monoisotopic (exact) mass is 470 g/mol. The van der Waals surface area contributed by atoms with E-state index in [4.69, 9.17) is 4.74 Å². The molecule has 1 unspecified atom stereocenters. The molecule has 33 heavy (non-hydrogen) atoms. The number of Topliss-reactive ketones (excluding diaryl/α,β-unsaturated/α-hetero) is 1. The van der Waals surface area contributed by atoms with Crippen molar-refractivity contribution in [1.29, 1.82) is 0 Å². The zero-order chi connectivity index (χ0) is 22.2. The summed E-state index contributed by atoms with van der Waals surface area (Å²) in [5.74, 6) is -1.11. The number of fused-ring (bicyclic) bond motifs is 1. The largest absolute Gasteiger partial charge is 0.379 e. The van der Waals surface area contributed by atoms with E-state index in [1.807, 2.05) is 31.3 Å². The number of carbonyl (C=O) groups excluding carboxylic acids is 3. The summed E-state index contributed by atoms with van der Waals surface area (Å²) in [5, 5.41) is 5.53. The number of allylic oxidation sites excluding steroid dienone is 1. The summed E-state index contributed by atoms with van der Waals surface area (Å²) < 4.78 is 5.41. The van der Waals surface area contributed by atoms with Crippen molar-refractivity contribution in [1.82, 2.24) is 15.2 Å². The molecule has 5 rings (SSSR count). The van der Waals surface area contributed by atoms with Gasteiger partial charge in [0, 0.05) is 42.8 Å². The number of benzene rings is 1. The van der Waals surface area contributed by atoms with E-state index in [2.05, 4.69) is 26.6 Å². The molecule has 0 saturated carbocycles. The zero-order valence-corrected chi connectivity index (χ0v) is 19.2. The van der Waals surface area contributed by atoms with Crippen LogP contribution in [-0.4, -0.2) is 60.3 Å². The van der Waals surface area contributed by atoms with E-state index < -0.39 is 5.92 Å². The number of hydrogen-bond acceptors (Lipinski definition) is 5. The number of morpholine rings is 1. The second kappa shape index (κ2) is 9.51. The summed E-state index contributed by atoms with van der Waals surface area (Å²) in [6, 6.07) is 7.72. The van der Waals surface area contributed by atoms with Crippen molar-refractivity contribution in [2.75, 3.05) is 38.2 Å². The van der Waals surface area contributed by atoms with Crippen molar-refractivity contribution in [3.8, 4) is 0 Å². The van der Waals surface area contributed by atoms with Crippen molar-refractivity contribution >= 4 is 46.8 Å². The number of rotatable bonds is 5. The van der Waals surface area contributed by atoms with Crippen LogP contribution in [0.15, 0.2) is 30.5 Å². The Morgan fingerprint density at radius 2 is 1.91 bits per heavy atom. The maximum absolute atomic E-state index is 12.8. The van der Waals surface area contributed by atoms with E-state index >= 15 is 0 Å². The van der Waals surface area contributed by atoms with E-state index in [-0.39, 0.29) is 36.5 Å². The van der Waals surface area contributed by atoms with Gasteiger partial charge in [-0.2, -0.15) is 0 Å². The fourth-order valence-electron chi connectivity index (χ4n) is 4.62. The lowest BCUT2D eigenvalue weighted by Gasteiger charge is -2.25. The highest BCUT2D eigenvalue weighted by molar-refractivity contribution is 6.36. The van der Waals surface area contributed by atoms with Crippen LogP contribution in [0.2, 0.25) is 0 Å². The summed E-state index contributed by atoms with van der Waals surface area (Å²) in [5.41, 5.74) is 5.96. The molecule has 0 bridgehead atoms. The minimum absolute atomic E-state index is 0. The van der Waals surface area contributed by atoms with Gasteiger partial charge in [-0.1, -0.05) is 6.07 Å². The predicted octanol–water partition coefficient (Wildman–Crippen LogP) is 2.01. The van der Waals surface area contributed by atoms with Crippen LogP contribution in [0.4, 0.5) is 5.69 Å². The highest BCUT2D eigenvalue weighted by atomic mass is 35.5. The number of anilines is 1. The molecule has 0 spiro atoms. The molecule has 9 heteroatoms. The third-order valence-corrected chi connectivity index (χ3v) is 6.44. The molecule has 3 aliphatic rings. The number of hydrogen-bond donors (Lipinski definition) is 3. The van der Waals surface area contributed by atoms with Gasteiger partial charge >= 0.3 is 0 Å². The van der Waals surface area contributed by atoms with E-state index in [1.54, 1.807) is 0 Å². The molecule has 1 aromatic carbocycles. The summed E-state index contributed by atoms with van der Waals surface area (Å²) in [6.07, 6.45) is 2.33. The maximum atomic E-state index is 12.8. The van der Waals surface area contributed by atoms with Gasteiger partial charge in [-0.3, -0.25) is 19.3 Å². The Morgan fingerprint density at radius 1 is 1.12 bits per heavy atom. The van der Waals surface area contributed by atoms with Crippen LogP contribution < -0.4 is 10.6 Å². The smallest absolute Gasteiger partial charge is 0.256 e. The van der Waals surface area contributed by atoms with Gasteiger partial charge in [-0.15, -0.1) is 12.4 Å². The molecular weight excluding hydrogens is 444 g/mol. The molecule has 174 valence electrons. The van der Waals surface area contributed by atoms with Gasteiger partial charge in [-0.25, -0.2) is 0 Å². The Hall–Kier alpha value is -2.94. The summed E-state index contributed by atoms with van der Waals surface area (Å²) in [4.78, 5) is 42.4. The van der Waals surface area contributed by atoms with Crippen LogP contribution in [0.1, 0.15) is 29.3 Å². The second-order valence-electron chi connectivity index (χ2n) is 8.59. The number of halogens is 1. The first-order valence-corrected chi connectivity index (χ1v) is 10.9. The van der Waals surface area contributed by atoms with Crippen molar-refractivity contribution in [2.45, 2.75) is 19.9 Å². The van der Waals surface area contributed by atoms with Gasteiger partial charge in [0.25, 0.3) is 5.91 Å². The third-order valence-electron chi connectivity index (χ3n) is 6.44. The van der Waals surface area contributed by atoms with Crippen LogP contribution >= 0.6 is 12.4 Å². The van der Waals surface area contributed by atoms with Crippen LogP contribution in [0.25, 0.3) is 11.1 Å². The SMILES string of the molecule is CC(=C1C(=O)Nc2ccc(CC3C(=O)CNC3=O)cc21)c1cc(CN2CCOCC2)c[nH]1.Cl. The molecule has 8 nitrogen and oxygen atoms in total. The van der Waals surface area contributed by atoms with Crippen LogP contribution in [0, 0.1) is 5.92 Å². The van der Waals surface area contributed by atoms with E-state index in [9.17, 15) is 14.4 Å². The summed E-state index contributed by atoms with van der Waals surface area (Å²) >= 11 is 0. The minimum atomic E-state index is -0.655. The molecule has 0 radical (unpaired) electrons. The fourth-order valence-corrected chi connectivity index (χ4v) is 4.62. The van der Waals surface area contributed by atoms with Crippen LogP contribution in [0.3, 0.4) is 0 Å². The Balaban J connectivity index is 0.00000259. The lowest BCUT2D eigenvalue weighted by molar-refractivity contribution is -0.127. The highest BCUT2D eigenvalue weighted by Gasteiger charge is 2.33. The first-order valence-electron chi connectivity index (χ1n) is 10.9. The van der Waals surface area contributed by atoms with Crippen LogP contribution in [0.5, 0.6) is 0 Å². The van der Waals surface area contributed by atoms with Gasteiger partial charge in [0.1, 0.15) is 5.92 Å². The zero-order valence-electron chi connectivity index (χ0n) is 18.4. The normalized spacial score (nSPS) is 22.0. The average molecular weight is 471 g/mol. The molecule has 3 N–H and O–H groups in total. The number of aromatic nitrogens is 1. The number of nitrogens with zero attached hydrogens (tertiary/aromatic N) is 1. The Morgan fingerprint density at radius 3 is 2.64 bits per heavy atom. The predicted molar refractivity (Wildman–Crippen MR) is 127 cm³/mol. The van der Waals surface area contributed by atoms with E-state index in [1.165, 1.54) is 5.56 Å². The Kier molecular flexibility index (Phi) is 6.69. The molecule has 2 aromatic rings. The first kappa shape index (κ1) is 23.2. The number of amides is 2. The van der Waals surface area contributed by atoms with Gasteiger partial charge in [0.15, 0.2) is 5.78 Å². The average Bonchev–Trinajstić information content (AvgIpc) is 3.47. The summed E-state index contributed by atoms with van der Waals surface area (Å²) in [7, 11) is 0. The molecular formula is C24H27ClN4O4. The number of ether oxygens (including phenoxy) is 1. The number of ketones is 1. The Labute approximate surface area is 198 Å². The third kappa shape index (κ3) is 4.59. The molecule has 2 fully saturated rings. The molecule has 3 aliphatic heterocycles. The molecule has 2 saturated heterocycles. The van der Waals surface area contributed by atoms with Crippen LogP contribution in [-0.2, 0) is 32.1 Å². The number of carbonyl (C=O) groups is 3. The fraction of sp³-hybridized carbons (Fsp3) is 0.375. The number of H-pyrrole nitrogens is 1. The number of nitrogens with one attached hydrogen (secondary N) is 3. The van der Waals surface area contributed by atoms with Gasteiger partial charge in [0.05, 0.1) is 25.3 Å².